The van der Waals surface area contributed by atoms with Crippen LogP contribution in [0.4, 0.5) is 8.78 Å². The molecule has 0 aromatic heterocycles. The highest BCUT2D eigenvalue weighted by molar-refractivity contribution is 5.80. The van der Waals surface area contributed by atoms with Crippen molar-refractivity contribution in [3.8, 4) is 11.5 Å². The van der Waals surface area contributed by atoms with Crippen LogP contribution in [0.1, 0.15) is 68.4 Å². The second-order valence-electron chi connectivity index (χ2n) is 9.87. The number of esters is 1. The fraction of sp³-hybridized carbons (Fsp3) is 0.536. The van der Waals surface area contributed by atoms with Crippen LogP contribution in [-0.4, -0.2) is 32.5 Å². The average Bonchev–Trinajstić information content (AvgIpc) is 3.68. The van der Waals surface area contributed by atoms with Crippen molar-refractivity contribution in [2.45, 2.75) is 63.0 Å². The minimum atomic E-state index is -2.08. The summed E-state index contributed by atoms with van der Waals surface area (Å²) in [5.41, 5.74) is -0.576. The summed E-state index contributed by atoms with van der Waals surface area (Å²) in [4.78, 5) is 12.1. The maximum Gasteiger partial charge on any atom is 0.343 e. The van der Waals surface area contributed by atoms with E-state index in [0.29, 0.717) is 24.0 Å². The Balaban J connectivity index is 1.36. The molecule has 4 nitrogen and oxygen atoms in total. The van der Waals surface area contributed by atoms with Crippen molar-refractivity contribution in [2.75, 3.05) is 20.8 Å². The molecule has 0 heterocycles. The van der Waals surface area contributed by atoms with E-state index in [1.54, 1.807) is 13.2 Å². The highest BCUT2D eigenvalue weighted by Crippen LogP contribution is 2.50. The largest absolute Gasteiger partial charge is 0.497 e. The molecule has 2 saturated carbocycles. The van der Waals surface area contributed by atoms with Crippen LogP contribution in [0.15, 0.2) is 42.5 Å². The van der Waals surface area contributed by atoms with Gasteiger partial charge in [-0.25, -0.2) is 13.6 Å². The van der Waals surface area contributed by atoms with Gasteiger partial charge in [-0.2, -0.15) is 0 Å². The van der Waals surface area contributed by atoms with Crippen molar-refractivity contribution in [3.05, 3.63) is 59.4 Å². The summed E-state index contributed by atoms with van der Waals surface area (Å²) >= 11 is 0. The number of ether oxygens (including phenoxy) is 3. The topological polar surface area (TPSA) is 44.8 Å². The van der Waals surface area contributed by atoms with E-state index in [9.17, 15) is 9.18 Å². The lowest BCUT2D eigenvalue weighted by Gasteiger charge is -2.30. The number of alkyl halides is 1. The quantitative estimate of drug-likeness (QED) is 0.387. The SMILES string of the molecule is COC(=O)C(C)(F)C(c1cccc(OCC2CCC(c3cc(OC)ccc3F)CC2)c1)C1CC1. The molecule has 6 heteroatoms. The molecule has 2 atom stereocenters. The Hall–Kier alpha value is -2.63. The standard InChI is InChI=1S/C28H34F2O4/c1-28(30,27(31)33-3)26(20-11-12-20)21-5-4-6-23(15-21)34-17-18-7-9-19(10-8-18)24-16-22(32-2)13-14-25(24)29/h4-6,13-16,18-20,26H,7-12,17H2,1-3H3. The molecular formula is C28H34F2O4. The van der Waals surface area contributed by atoms with Gasteiger partial charge in [0.15, 0.2) is 0 Å². The monoisotopic (exact) mass is 472 g/mol. The number of halogens is 2. The Morgan fingerprint density at radius 1 is 1.03 bits per heavy atom. The number of hydrogen-bond donors (Lipinski definition) is 0. The molecule has 184 valence electrons. The zero-order chi connectivity index (χ0) is 24.3. The average molecular weight is 473 g/mol. The van der Waals surface area contributed by atoms with Gasteiger partial charge in [-0.15, -0.1) is 0 Å². The van der Waals surface area contributed by atoms with Gasteiger partial charge in [0, 0.05) is 5.92 Å². The van der Waals surface area contributed by atoms with Crippen LogP contribution in [0, 0.1) is 17.7 Å². The minimum absolute atomic E-state index is 0.136. The van der Waals surface area contributed by atoms with E-state index in [4.69, 9.17) is 14.2 Å². The third-order valence-corrected chi connectivity index (χ3v) is 7.45. The first-order chi connectivity index (χ1) is 16.3. The van der Waals surface area contributed by atoms with Crippen LogP contribution >= 0.6 is 0 Å². The number of benzene rings is 2. The zero-order valence-electron chi connectivity index (χ0n) is 20.2. The molecule has 0 bridgehead atoms. The van der Waals surface area contributed by atoms with Crippen LogP contribution in [0.25, 0.3) is 0 Å². The molecule has 0 saturated heterocycles. The Kier molecular flexibility index (Phi) is 7.44. The van der Waals surface area contributed by atoms with Gasteiger partial charge in [-0.3, -0.25) is 0 Å². The van der Waals surface area contributed by atoms with Crippen LogP contribution in [0.2, 0.25) is 0 Å². The second kappa shape index (κ2) is 10.3. The predicted octanol–water partition coefficient (Wildman–Crippen LogP) is 6.58. The fourth-order valence-corrected chi connectivity index (χ4v) is 5.40. The highest BCUT2D eigenvalue weighted by atomic mass is 19.1. The van der Waals surface area contributed by atoms with Crippen molar-refractivity contribution in [3.63, 3.8) is 0 Å². The van der Waals surface area contributed by atoms with Gasteiger partial charge in [-0.05, 0) is 105 Å². The number of carbonyl (C=O) groups is 1. The van der Waals surface area contributed by atoms with Gasteiger partial charge in [0.2, 0.25) is 5.67 Å². The minimum Gasteiger partial charge on any atom is -0.497 e. The lowest BCUT2D eigenvalue weighted by atomic mass is 9.79. The van der Waals surface area contributed by atoms with Gasteiger partial charge in [0.1, 0.15) is 17.3 Å². The van der Waals surface area contributed by atoms with E-state index < -0.39 is 17.6 Å². The Bertz CT molecular complexity index is 994. The normalized spacial score (nSPS) is 23.0. The molecule has 2 aliphatic rings. The van der Waals surface area contributed by atoms with Crippen molar-refractivity contribution in [1.29, 1.82) is 0 Å². The van der Waals surface area contributed by atoms with Gasteiger partial charge < -0.3 is 14.2 Å². The first kappa shape index (κ1) is 24.5. The van der Waals surface area contributed by atoms with Crippen LogP contribution in [0.5, 0.6) is 11.5 Å². The molecule has 2 aromatic carbocycles. The number of rotatable bonds is 9. The molecule has 0 N–H and O–H groups in total. The van der Waals surface area contributed by atoms with Gasteiger partial charge in [-0.1, -0.05) is 12.1 Å². The number of methoxy groups -OCH3 is 2. The van der Waals surface area contributed by atoms with Gasteiger partial charge in [0.25, 0.3) is 0 Å². The smallest absolute Gasteiger partial charge is 0.343 e. The van der Waals surface area contributed by atoms with Crippen molar-refractivity contribution in [2.24, 2.45) is 11.8 Å². The summed E-state index contributed by atoms with van der Waals surface area (Å²) in [6.45, 7) is 1.88. The molecule has 0 amide bonds. The summed E-state index contributed by atoms with van der Waals surface area (Å²) < 4.78 is 45.9. The molecule has 2 fully saturated rings. The first-order valence-electron chi connectivity index (χ1n) is 12.2. The lowest BCUT2D eigenvalue weighted by Crippen LogP contribution is -2.39. The number of hydrogen-bond acceptors (Lipinski definition) is 4. The summed E-state index contributed by atoms with van der Waals surface area (Å²) in [6, 6.07) is 12.4. The molecule has 0 aliphatic heterocycles. The molecule has 34 heavy (non-hydrogen) atoms. The first-order valence-corrected chi connectivity index (χ1v) is 12.2. The van der Waals surface area contributed by atoms with Crippen molar-refractivity contribution >= 4 is 5.97 Å². The Morgan fingerprint density at radius 2 is 1.76 bits per heavy atom. The molecule has 2 aliphatic carbocycles. The molecule has 2 unspecified atom stereocenters. The van der Waals surface area contributed by atoms with Crippen molar-refractivity contribution < 1.29 is 27.8 Å². The summed E-state index contributed by atoms with van der Waals surface area (Å²) in [6.07, 6.45) is 5.53. The van der Waals surface area contributed by atoms with E-state index >= 15 is 4.39 Å². The van der Waals surface area contributed by atoms with Gasteiger partial charge in [0.05, 0.1) is 20.8 Å². The van der Waals surface area contributed by atoms with Crippen LogP contribution in [0.3, 0.4) is 0 Å². The second-order valence-corrected chi connectivity index (χ2v) is 9.87. The summed E-state index contributed by atoms with van der Waals surface area (Å²) in [5.74, 6) is 0.527. The third kappa shape index (κ3) is 5.37. The van der Waals surface area contributed by atoms with E-state index in [0.717, 1.165) is 49.7 Å². The molecular weight excluding hydrogens is 438 g/mol. The maximum atomic E-state index is 15.4. The zero-order valence-corrected chi connectivity index (χ0v) is 20.2. The van der Waals surface area contributed by atoms with E-state index in [1.165, 1.54) is 20.1 Å². The lowest BCUT2D eigenvalue weighted by molar-refractivity contribution is -0.155. The van der Waals surface area contributed by atoms with Crippen LogP contribution < -0.4 is 9.47 Å². The Morgan fingerprint density at radius 3 is 2.41 bits per heavy atom. The van der Waals surface area contributed by atoms with Gasteiger partial charge >= 0.3 is 5.97 Å². The van der Waals surface area contributed by atoms with E-state index in [1.807, 2.05) is 30.3 Å². The van der Waals surface area contributed by atoms with E-state index in [-0.39, 0.29) is 17.7 Å². The highest BCUT2D eigenvalue weighted by Gasteiger charge is 2.50. The molecule has 0 radical (unpaired) electrons. The van der Waals surface area contributed by atoms with E-state index in [2.05, 4.69) is 0 Å². The predicted molar refractivity (Wildman–Crippen MR) is 127 cm³/mol. The number of carbonyl (C=O) groups excluding carboxylic acids is 1. The Labute approximate surface area is 200 Å². The van der Waals surface area contributed by atoms with Crippen molar-refractivity contribution in [1.82, 2.24) is 0 Å². The summed E-state index contributed by atoms with van der Waals surface area (Å²) in [5, 5.41) is 0. The third-order valence-electron chi connectivity index (χ3n) is 7.45. The molecule has 0 spiro atoms. The molecule has 4 rings (SSSR count). The van der Waals surface area contributed by atoms with Crippen LogP contribution in [-0.2, 0) is 9.53 Å². The maximum absolute atomic E-state index is 15.4. The summed E-state index contributed by atoms with van der Waals surface area (Å²) in [7, 11) is 2.82. The fourth-order valence-electron chi connectivity index (χ4n) is 5.40. The molecule has 2 aromatic rings.